The summed E-state index contributed by atoms with van der Waals surface area (Å²) in [4.78, 5) is 11.6. The minimum absolute atomic E-state index is 0.0308. The zero-order chi connectivity index (χ0) is 15.3. The van der Waals surface area contributed by atoms with E-state index >= 15 is 0 Å². The number of unbranched alkanes of at least 4 members (excludes halogenated alkanes) is 2. The van der Waals surface area contributed by atoms with Crippen LogP contribution in [0.1, 0.15) is 36.5 Å². The van der Waals surface area contributed by atoms with Crippen molar-refractivity contribution in [1.29, 1.82) is 0 Å². The Hall–Kier alpha value is -0.300. The minimum Gasteiger partial charge on any atom is -0.462 e. The fraction of sp³-hybridized carbons (Fsp3) is 0.417. The van der Waals surface area contributed by atoms with Gasteiger partial charge in [0.15, 0.2) is 0 Å². The Balaban J connectivity index is 3.01. The molecule has 0 saturated carbocycles. The van der Waals surface area contributed by atoms with Crippen molar-refractivity contribution in [1.82, 2.24) is 0 Å². The van der Waals surface area contributed by atoms with E-state index < -0.39 is 15.0 Å². The van der Waals surface area contributed by atoms with Crippen LogP contribution in [0.15, 0.2) is 21.5 Å². The summed E-state index contributed by atoms with van der Waals surface area (Å²) < 4.78 is 28.2. The Labute approximate surface area is 135 Å². The molecule has 0 spiro atoms. The molecule has 1 aromatic carbocycles. The van der Waals surface area contributed by atoms with Crippen LogP contribution >= 0.6 is 38.2 Å². The van der Waals surface area contributed by atoms with Crippen molar-refractivity contribution in [2.45, 2.75) is 31.1 Å². The van der Waals surface area contributed by atoms with E-state index in [4.69, 9.17) is 27.0 Å². The molecular weight excluding hydrogens is 391 g/mol. The summed E-state index contributed by atoms with van der Waals surface area (Å²) in [5.41, 5.74) is -0.0308. The summed E-state index contributed by atoms with van der Waals surface area (Å²) in [6.45, 7) is 2.29. The van der Waals surface area contributed by atoms with Crippen LogP contribution in [0.25, 0.3) is 0 Å². The number of halogens is 3. The largest absolute Gasteiger partial charge is 0.462 e. The fourth-order valence-corrected chi connectivity index (χ4v) is 3.66. The number of hydrogen-bond donors (Lipinski definition) is 0. The van der Waals surface area contributed by atoms with E-state index in [0.29, 0.717) is 4.47 Å². The van der Waals surface area contributed by atoms with Crippen molar-refractivity contribution >= 4 is 53.2 Å². The van der Waals surface area contributed by atoms with Gasteiger partial charge in [0.2, 0.25) is 0 Å². The fourth-order valence-electron chi connectivity index (χ4n) is 1.48. The van der Waals surface area contributed by atoms with Gasteiger partial charge in [0.1, 0.15) is 4.90 Å². The maximum atomic E-state index is 11.9. The molecule has 4 nitrogen and oxygen atoms in total. The van der Waals surface area contributed by atoms with Gasteiger partial charge < -0.3 is 4.74 Å². The van der Waals surface area contributed by atoms with Crippen LogP contribution < -0.4 is 0 Å². The predicted molar refractivity (Wildman–Crippen MR) is 82.0 cm³/mol. The highest BCUT2D eigenvalue weighted by Gasteiger charge is 2.22. The molecule has 0 amide bonds. The van der Waals surface area contributed by atoms with Gasteiger partial charge in [-0.15, -0.1) is 0 Å². The first-order chi connectivity index (χ1) is 9.27. The molecule has 8 heteroatoms. The minimum atomic E-state index is -4.04. The highest BCUT2D eigenvalue weighted by Crippen LogP contribution is 2.32. The smallest absolute Gasteiger partial charge is 0.339 e. The Morgan fingerprint density at radius 3 is 2.55 bits per heavy atom. The summed E-state index contributed by atoms with van der Waals surface area (Å²) in [6, 6.07) is 2.63. The molecule has 0 aliphatic carbocycles. The van der Waals surface area contributed by atoms with E-state index in [0.717, 1.165) is 19.3 Å². The lowest BCUT2D eigenvalue weighted by Gasteiger charge is -2.09. The van der Waals surface area contributed by atoms with Gasteiger partial charge in [0.25, 0.3) is 9.05 Å². The van der Waals surface area contributed by atoms with Crippen LogP contribution in [-0.4, -0.2) is 21.0 Å². The summed E-state index contributed by atoms with van der Waals surface area (Å²) >= 11 is 9.03. The number of carbonyl (C=O) groups is 1. The quantitative estimate of drug-likeness (QED) is 0.401. The van der Waals surface area contributed by atoms with E-state index in [1.54, 1.807) is 0 Å². The molecule has 0 radical (unpaired) electrons. The molecule has 0 aromatic heterocycles. The molecule has 1 rings (SSSR count). The molecule has 0 N–H and O–H groups in total. The van der Waals surface area contributed by atoms with Gasteiger partial charge in [-0.25, -0.2) is 13.2 Å². The van der Waals surface area contributed by atoms with Gasteiger partial charge in [0.05, 0.1) is 17.2 Å². The number of hydrogen-bond acceptors (Lipinski definition) is 4. The van der Waals surface area contributed by atoms with Crippen molar-refractivity contribution in [3.63, 3.8) is 0 Å². The van der Waals surface area contributed by atoms with Crippen LogP contribution in [0.3, 0.4) is 0 Å². The number of carbonyl (C=O) groups excluding carboxylic acids is 1. The topological polar surface area (TPSA) is 60.4 Å². The van der Waals surface area contributed by atoms with Crippen LogP contribution in [0.4, 0.5) is 0 Å². The third kappa shape index (κ3) is 4.91. The van der Waals surface area contributed by atoms with Gasteiger partial charge in [0, 0.05) is 15.2 Å². The van der Waals surface area contributed by atoms with E-state index in [1.165, 1.54) is 12.1 Å². The van der Waals surface area contributed by atoms with E-state index in [-0.39, 0.29) is 22.1 Å². The van der Waals surface area contributed by atoms with Crippen molar-refractivity contribution < 1.29 is 17.9 Å². The van der Waals surface area contributed by atoms with Crippen LogP contribution in [0.2, 0.25) is 5.02 Å². The maximum Gasteiger partial charge on any atom is 0.339 e. The molecule has 0 aliphatic heterocycles. The lowest BCUT2D eigenvalue weighted by molar-refractivity contribution is 0.0498. The molecule has 1 aromatic rings. The maximum absolute atomic E-state index is 11.9. The monoisotopic (exact) mass is 402 g/mol. The third-order valence-electron chi connectivity index (χ3n) is 2.47. The second kappa shape index (κ2) is 7.64. The Bertz CT molecular complexity index is 602. The molecule has 0 atom stereocenters. The molecule has 0 heterocycles. The van der Waals surface area contributed by atoms with Gasteiger partial charge in [-0.3, -0.25) is 0 Å². The number of rotatable bonds is 6. The van der Waals surface area contributed by atoms with Crippen molar-refractivity contribution in [2.24, 2.45) is 0 Å². The summed E-state index contributed by atoms with van der Waals surface area (Å²) in [5.74, 6) is -0.672. The van der Waals surface area contributed by atoms with Crippen molar-refractivity contribution in [2.75, 3.05) is 6.61 Å². The average molecular weight is 404 g/mol. The second-order valence-electron chi connectivity index (χ2n) is 4.05. The van der Waals surface area contributed by atoms with E-state index in [2.05, 4.69) is 15.9 Å². The lowest BCUT2D eigenvalue weighted by Crippen LogP contribution is -2.09. The summed E-state index contributed by atoms with van der Waals surface area (Å²) in [6.07, 6.45) is 2.69. The van der Waals surface area contributed by atoms with Crippen molar-refractivity contribution in [3.05, 3.63) is 27.2 Å². The predicted octanol–water partition coefficient (Wildman–Crippen LogP) is 4.38. The molecule has 112 valence electrons. The van der Waals surface area contributed by atoms with Gasteiger partial charge >= 0.3 is 5.97 Å². The van der Waals surface area contributed by atoms with E-state index in [9.17, 15) is 13.2 Å². The number of benzene rings is 1. The van der Waals surface area contributed by atoms with Crippen LogP contribution in [-0.2, 0) is 13.8 Å². The highest BCUT2D eigenvalue weighted by atomic mass is 79.9. The molecule has 0 fully saturated rings. The highest BCUT2D eigenvalue weighted by molar-refractivity contribution is 9.10. The normalized spacial score (nSPS) is 11.4. The average Bonchev–Trinajstić information content (AvgIpc) is 2.35. The molecular formula is C12H13BrCl2O4S. The molecule has 0 aliphatic rings. The first-order valence-corrected chi connectivity index (χ1v) is 9.36. The zero-order valence-electron chi connectivity index (χ0n) is 10.7. The Morgan fingerprint density at radius 2 is 2.00 bits per heavy atom. The summed E-state index contributed by atoms with van der Waals surface area (Å²) in [5, 5.41) is -0.233. The van der Waals surface area contributed by atoms with Crippen molar-refractivity contribution in [3.8, 4) is 0 Å². The first-order valence-electron chi connectivity index (χ1n) is 5.88. The second-order valence-corrected chi connectivity index (χ2v) is 7.87. The molecule has 0 unspecified atom stereocenters. The van der Waals surface area contributed by atoms with Crippen LogP contribution in [0.5, 0.6) is 0 Å². The Morgan fingerprint density at radius 1 is 1.35 bits per heavy atom. The molecule has 0 saturated heterocycles. The standard InChI is InChI=1S/C12H13BrCl2O4S/c1-2-3-4-5-19-12(16)9-6-8(13)7-10(11(9)14)20(15,17)18/h6-7H,2-5H2,1H3. The first kappa shape index (κ1) is 17.8. The SMILES string of the molecule is CCCCCOC(=O)c1cc(Br)cc(S(=O)(=O)Cl)c1Cl. The third-order valence-corrected chi connectivity index (χ3v) is 4.79. The summed E-state index contributed by atoms with van der Waals surface area (Å²) in [7, 11) is 1.23. The number of esters is 1. The van der Waals surface area contributed by atoms with Crippen LogP contribution in [0, 0.1) is 0 Å². The van der Waals surface area contributed by atoms with Gasteiger partial charge in [-0.05, 0) is 18.6 Å². The van der Waals surface area contributed by atoms with Gasteiger partial charge in [-0.2, -0.15) is 0 Å². The Kier molecular flexibility index (Phi) is 6.78. The zero-order valence-corrected chi connectivity index (χ0v) is 14.6. The molecule has 0 bridgehead atoms. The molecule has 20 heavy (non-hydrogen) atoms. The number of ether oxygens (including phenoxy) is 1. The van der Waals surface area contributed by atoms with Gasteiger partial charge in [-0.1, -0.05) is 47.3 Å². The lowest BCUT2D eigenvalue weighted by atomic mass is 10.2. The van der Waals surface area contributed by atoms with E-state index in [1.807, 2.05) is 6.92 Å².